The van der Waals surface area contributed by atoms with Crippen molar-refractivity contribution in [3.63, 3.8) is 0 Å². The molecule has 86 valence electrons. The second kappa shape index (κ2) is 4.61. The molecule has 1 rings (SSSR count). The number of carboxylic acids is 2. The van der Waals surface area contributed by atoms with Gasteiger partial charge >= 0.3 is 11.9 Å². The van der Waals surface area contributed by atoms with Crippen LogP contribution in [-0.2, 0) is 9.59 Å². The second-order valence-electron chi connectivity index (χ2n) is 4.41. The Labute approximate surface area is 88.7 Å². The largest absolute Gasteiger partial charge is 0.481 e. The molecule has 2 N–H and O–H groups in total. The van der Waals surface area contributed by atoms with Crippen LogP contribution in [0.1, 0.15) is 20.3 Å². The molecule has 1 atom stereocenters. The molecule has 1 aliphatic heterocycles. The van der Waals surface area contributed by atoms with Gasteiger partial charge in [-0.05, 0) is 11.8 Å². The summed E-state index contributed by atoms with van der Waals surface area (Å²) < 4.78 is 0. The van der Waals surface area contributed by atoms with Gasteiger partial charge in [-0.3, -0.25) is 14.5 Å². The van der Waals surface area contributed by atoms with Gasteiger partial charge in [-0.25, -0.2) is 0 Å². The van der Waals surface area contributed by atoms with Gasteiger partial charge in [0.1, 0.15) is 6.04 Å². The van der Waals surface area contributed by atoms with Crippen molar-refractivity contribution in [2.24, 2.45) is 11.8 Å². The highest BCUT2D eigenvalue weighted by Gasteiger charge is 2.38. The lowest BCUT2D eigenvalue weighted by Gasteiger charge is -2.44. The quantitative estimate of drug-likeness (QED) is 0.698. The predicted molar refractivity (Wildman–Crippen MR) is 53.6 cm³/mol. The molecule has 0 aromatic heterocycles. The Kier molecular flexibility index (Phi) is 3.68. The summed E-state index contributed by atoms with van der Waals surface area (Å²) in [5, 5.41) is 17.5. The molecule has 15 heavy (non-hydrogen) atoms. The molecule has 0 spiro atoms. The van der Waals surface area contributed by atoms with Crippen LogP contribution < -0.4 is 0 Å². The summed E-state index contributed by atoms with van der Waals surface area (Å²) in [6, 6.07) is -0.863. The van der Waals surface area contributed by atoms with Crippen molar-refractivity contribution < 1.29 is 19.8 Å². The van der Waals surface area contributed by atoms with E-state index in [2.05, 4.69) is 13.8 Å². The second-order valence-corrected chi connectivity index (χ2v) is 4.41. The highest BCUT2D eigenvalue weighted by atomic mass is 16.4. The lowest BCUT2D eigenvalue weighted by atomic mass is 9.87. The number of carboxylic acid groups (broad SMARTS) is 2. The van der Waals surface area contributed by atoms with Crippen LogP contribution in [0.4, 0.5) is 0 Å². The van der Waals surface area contributed by atoms with Crippen molar-refractivity contribution in [2.45, 2.75) is 26.3 Å². The van der Waals surface area contributed by atoms with Gasteiger partial charge in [0.15, 0.2) is 0 Å². The fraction of sp³-hybridized carbons (Fsp3) is 0.800. The first-order chi connectivity index (χ1) is 6.91. The molecule has 0 saturated carbocycles. The van der Waals surface area contributed by atoms with Crippen molar-refractivity contribution >= 4 is 11.9 Å². The Balaban J connectivity index is 2.47. The van der Waals surface area contributed by atoms with Gasteiger partial charge in [0.2, 0.25) is 0 Å². The van der Waals surface area contributed by atoms with E-state index in [-0.39, 0.29) is 6.42 Å². The van der Waals surface area contributed by atoms with Crippen LogP contribution in [0.15, 0.2) is 0 Å². The molecule has 1 unspecified atom stereocenters. The normalized spacial score (nSPS) is 19.9. The molecule has 0 bridgehead atoms. The van der Waals surface area contributed by atoms with E-state index in [1.807, 2.05) is 0 Å². The minimum Gasteiger partial charge on any atom is -0.481 e. The summed E-state index contributed by atoms with van der Waals surface area (Å²) in [6.07, 6.45) is -0.319. The maximum Gasteiger partial charge on any atom is 0.321 e. The number of aliphatic carboxylic acids is 2. The van der Waals surface area contributed by atoms with Crippen LogP contribution in [-0.4, -0.2) is 46.2 Å². The van der Waals surface area contributed by atoms with Gasteiger partial charge < -0.3 is 10.2 Å². The van der Waals surface area contributed by atoms with Crippen LogP contribution in [0.5, 0.6) is 0 Å². The Hall–Kier alpha value is -1.10. The van der Waals surface area contributed by atoms with Gasteiger partial charge in [0, 0.05) is 13.1 Å². The van der Waals surface area contributed by atoms with Crippen molar-refractivity contribution in [3.05, 3.63) is 0 Å². The highest BCUT2D eigenvalue weighted by molar-refractivity contribution is 5.80. The molecule has 0 aromatic carbocycles. The first kappa shape index (κ1) is 12.0. The summed E-state index contributed by atoms with van der Waals surface area (Å²) in [5.74, 6) is -1.07. The Morgan fingerprint density at radius 2 is 1.87 bits per heavy atom. The number of carbonyl (C=O) groups is 2. The number of nitrogens with zero attached hydrogens (tertiary/aromatic N) is 1. The fourth-order valence-corrected chi connectivity index (χ4v) is 1.76. The molecule has 5 nitrogen and oxygen atoms in total. The average molecular weight is 215 g/mol. The van der Waals surface area contributed by atoms with Gasteiger partial charge in [0.05, 0.1) is 6.42 Å². The van der Waals surface area contributed by atoms with Gasteiger partial charge in [0.25, 0.3) is 0 Å². The molecular formula is C10H17NO4. The molecule has 1 saturated heterocycles. The SMILES string of the molecule is CC(C)C1CN(C(CC(=O)O)C(=O)O)C1. The summed E-state index contributed by atoms with van der Waals surface area (Å²) in [5.41, 5.74) is 0. The molecular weight excluding hydrogens is 198 g/mol. The summed E-state index contributed by atoms with van der Waals surface area (Å²) in [7, 11) is 0. The molecule has 1 fully saturated rings. The zero-order chi connectivity index (χ0) is 11.6. The van der Waals surface area contributed by atoms with Gasteiger partial charge in [-0.2, -0.15) is 0 Å². The average Bonchev–Trinajstić information content (AvgIpc) is 1.97. The monoisotopic (exact) mass is 215 g/mol. The Morgan fingerprint density at radius 1 is 1.33 bits per heavy atom. The lowest BCUT2D eigenvalue weighted by Crippen LogP contribution is -2.56. The van der Waals surface area contributed by atoms with E-state index in [0.29, 0.717) is 24.9 Å². The third-order valence-corrected chi connectivity index (χ3v) is 2.97. The van der Waals surface area contributed by atoms with E-state index < -0.39 is 18.0 Å². The van der Waals surface area contributed by atoms with Gasteiger partial charge in [-0.1, -0.05) is 13.8 Å². The summed E-state index contributed by atoms with van der Waals surface area (Å²) in [6.45, 7) is 5.58. The van der Waals surface area contributed by atoms with Crippen LogP contribution >= 0.6 is 0 Å². The Morgan fingerprint density at radius 3 is 2.20 bits per heavy atom. The minimum absolute atomic E-state index is 0.319. The van der Waals surface area contributed by atoms with E-state index in [1.165, 1.54) is 0 Å². The van der Waals surface area contributed by atoms with E-state index in [9.17, 15) is 9.59 Å². The van der Waals surface area contributed by atoms with Crippen LogP contribution in [0.3, 0.4) is 0 Å². The number of hydrogen-bond donors (Lipinski definition) is 2. The number of rotatable bonds is 5. The summed E-state index contributed by atoms with van der Waals surface area (Å²) in [4.78, 5) is 23.0. The van der Waals surface area contributed by atoms with E-state index >= 15 is 0 Å². The van der Waals surface area contributed by atoms with Crippen molar-refractivity contribution in [3.8, 4) is 0 Å². The highest BCUT2D eigenvalue weighted by Crippen LogP contribution is 2.26. The van der Waals surface area contributed by atoms with Crippen molar-refractivity contribution in [1.82, 2.24) is 4.90 Å². The molecule has 0 aromatic rings. The molecule has 0 amide bonds. The lowest BCUT2D eigenvalue weighted by molar-refractivity contribution is -0.153. The molecule has 1 aliphatic rings. The Bertz CT molecular complexity index is 258. The molecule has 0 aliphatic carbocycles. The third kappa shape index (κ3) is 2.92. The third-order valence-electron chi connectivity index (χ3n) is 2.97. The van der Waals surface area contributed by atoms with Gasteiger partial charge in [-0.15, -0.1) is 0 Å². The fourth-order valence-electron chi connectivity index (χ4n) is 1.76. The van der Waals surface area contributed by atoms with E-state index in [4.69, 9.17) is 10.2 Å². The smallest absolute Gasteiger partial charge is 0.321 e. The minimum atomic E-state index is -1.06. The van der Waals surface area contributed by atoms with E-state index in [0.717, 1.165) is 0 Å². The zero-order valence-corrected chi connectivity index (χ0v) is 9.01. The van der Waals surface area contributed by atoms with Crippen LogP contribution in [0, 0.1) is 11.8 Å². The molecule has 0 radical (unpaired) electrons. The molecule has 1 heterocycles. The van der Waals surface area contributed by atoms with E-state index in [1.54, 1.807) is 4.90 Å². The molecule has 5 heteroatoms. The van der Waals surface area contributed by atoms with Crippen LogP contribution in [0.2, 0.25) is 0 Å². The summed E-state index contributed by atoms with van der Waals surface area (Å²) >= 11 is 0. The standard InChI is InChI=1S/C10H17NO4/c1-6(2)7-4-11(5-7)8(10(14)15)3-9(12)13/h6-8H,3-5H2,1-2H3,(H,12,13)(H,14,15). The topological polar surface area (TPSA) is 77.8 Å². The maximum absolute atomic E-state index is 10.8. The maximum atomic E-state index is 10.8. The first-order valence-corrected chi connectivity index (χ1v) is 5.10. The first-order valence-electron chi connectivity index (χ1n) is 5.10. The van der Waals surface area contributed by atoms with Crippen molar-refractivity contribution in [1.29, 1.82) is 0 Å². The number of hydrogen-bond acceptors (Lipinski definition) is 3. The van der Waals surface area contributed by atoms with Crippen LogP contribution in [0.25, 0.3) is 0 Å². The van der Waals surface area contributed by atoms with Crippen molar-refractivity contribution in [2.75, 3.05) is 13.1 Å². The predicted octanol–water partition coefficient (Wildman–Crippen LogP) is 0.502. The zero-order valence-electron chi connectivity index (χ0n) is 9.01. The number of likely N-dealkylation sites (tertiary alicyclic amines) is 1.